The number of hydrogen-bond donors (Lipinski definition) is 0. The maximum atomic E-state index is 8.98. The van der Waals surface area contributed by atoms with Crippen LogP contribution in [-0.2, 0) is 0 Å². The van der Waals surface area contributed by atoms with Crippen LogP contribution in [0, 0.1) is 11.5 Å². The molecule has 17 heavy (non-hydrogen) atoms. The van der Waals surface area contributed by atoms with Gasteiger partial charge in [0, 0.05) is 6.04 Å². The highest BCUT2D eigenvalue weighted by Crippen LogP contribution is 2.50. The summed E-state index contributed by atoms with van der Waals surface area (Å²) in [7, 11) is 0. The van der Waals surface area contributed by atoms with Gasteiger partial charge in [-0.15, -0.1) is 0 Å². The first kappa shape index (κ1) is 15.3. The Morgan fingerprint density at radius 1 is 1.29 bits per heavy atom. The summed E-state index contributed by atoms with van der Waals surface area (Å²) in [5.41, 5.74) is 0. The average molecular weight is 338 g/mol. The van der Waals surface area contributed by atoms with Crippen LogP contribution >= 0.6 is 58.0 Å². The molecule has 9 heteroatoms. The van der Waals surface area contributed by atoms with E-state index in [0.717, 1.165) is 4.90 Å². The van der Waals surface area contributed by atoms with Crippen LogP contribution in [0.3, 0.4) is 0 Å². The molecule has 1 heterocycles. The summed E-state index contributed by atoms with van der Waals surface area (Å²) < 4.78 is -3.77. The maximum absolute atomic E-state index is 8.98. The van der Waals surface area contributed by atoms with Gasteiger partial charge in [-0.1, -0.05) is 58.0 Å². The van der Waals surface area contributed by atoms with E-state index in [1.807, 2.05) is 20.0 Å². The zero-order valence-corrected chi connectivity index (χ0v) is 12.7. The largest absolute Gasteiger partial charge is 0.266 e. The second-order valence-electron chi connectivity index (χ2n) is 3.71. The third-order valence-electron chi connectivity index (χ3n) is 2.17. The Hall–Kier alpha value is 0.210. The van der Waals surface area contributed by atoms with Crippen LogP contribution in [0.2, 0.25) is 0 Å². The number of rotatable bonds is 2. The van der Waals surface area contributed by atoms with Gasteiger partial charge in [-0.25, -0.2) is 4.90 Å². The second kappa shape index (κ2) is 5.07. The molecule has 0 amide bonds. The number of alkyl halides is 5. The third-order valence-corrected chi connectivity index (χ3v) is 4.60. The summed E-state index contributed by atoms with van der Waals surface area (Å²) >= 11 is 29.4. The number of hydrogen-bond acceptors (Lipinski definition) is 4. The smallest absolute Gasteiger partial charge is 0.227 e. The molecule has 0 spiro atoms. The Balaban J connectivity index is 3.12. The van der Waals surface area contributed by atoms with Crippen LogP contribution in [-0.4, -0.2) is 36.6 Å². The molecule has 1 atom stereocenters. The van der Waals surface area contributed by atoms with Gasteiger partial charge < -0.3 is 0 Å². The van der Waals surface area contributed by atoms with Crippen LogP contribution in [0.5, 0.6) is 0 Å². The molecule has 0 saturated heterocycles. The van der Waals surface area contributed by atoms with Gasteiger partial charge in [0.15, 0.2) is 12.4 Å². The van der Waals surface area contributed by atoms with Gasteiger partial charge in [-0.2, -0.15) is 10.4 Å². The molecule has 4 nitrogen and oxygen atoms in total. The predicted octanol–water partition coefficient (Wildman–Crippen LogP) is 3.31. The van der Waals surface area contributed by atoms with E-state index in [4.69, 9.17) is 63.3 Å². The molecule has 1 aliphatic heterocycles. The van der Waals surface area contributed by atoms with Gasteiger partial charge in [0.2, 0.25) is 8.13 Å². The molecule has 0 aromatic rings. The first-order valence-corrected chi connectivity index (χ1v) is 6.47. The highest BCUT2D eigenvalue weighted by atomic mass is 35.6. The minimum atomic E-state index is -1.96. The summed E-state index contributed by atoms with van der Waals surface area (Å²) in [4.78, 5) is 1.14. The third kappa shape index (κ3) is 2.80. The minimum absolute atomic E-state index is 0.0566. The highest BCUT2D eigenvalue weighted by molar-refractivity contribution is 6.75. The van der Waals surface area contributed by atoms with Crippen molar-refractivity contribution in [1.82, 2.24) is 9.91 Å². The van der Waals surface area contributed by atoms with Crippen molar-refractivity contribution in [2.75, 3.05) is 0 Å². The van der Waals surface area contributed by atoms with Crippen LogP contribution in [0.25, 0.3) is 0 Å². The van der Waals surface area contributed by atoms with Crippen LogP contribution in [0.4, 0.5) is 0 Å². The molecule has 1 unspecified atom stereocenters. The Labute approximate surface area is 125 Å². The van der Waals surface area contributed by atoms with Crippen molar-refractivity contribution in [3.63, 3.8) is 0 Å². The summed E-state index contributed by atoms with van der Waals surface area (Å²) in [6.07, 6.45) is 2.29. The van der Waals surface area contributed by atoms with Crippen molar-refractivity contribution >= 4 is 64.3 Å². The maximum Gasteiger partial charge on any atom is 0.227 e. The normalized spacial score (nSPS) is 21.2. The summed E-state index contributed by atoms with van der Waals surface area (Å²) in [6, 6.07) is -0.0566. The lowest BCUT2D eigenvalue weighted by atomic mass is 10.2. The lowest BCUT2D eigenvalue weighted by molar-refractivity contribution is 0.111. The molecule has 0 aromatic heterocycles. The van der Waals surface area contributed by atoms with Crippen molar-refractivity contribution < 1.29 is 0 Å². The Bertz CT molecular complexity index is 356. The molecule has 0 saturated carbocycles. The molecular formula is C8H9Cl5N4. The molecule has 0 bridgehead atoms. The van der Waals surface area contributed by atoms with Crippen LogP contribution in [0.15, 0.2) is 5.10 Å². The van der Waals surface area contributed by atoms with Gasteiger partial charge in [0.25, 0.3) is 0 Å². The molecule has 0 aliphatic carbocycles. The van der Waals surface area contributed by atoms with Gasteiger partial charge in [-0.05, 0) is 13.8 Å². The average Bonchev–Trinajstić information content (AvgIpc) is 2.59. The molecule has 1 rings (SSSR count). The topological polar surface area (TPSA) is 42.6 Å². The van der Waals surface area contributed by atoms with Crippen molar-refractivity contribution in [3.8, 4) is 6.19 Å². The zero-order valence-electron chi connectivity index (χ0n) is 8.91. The summed E-state index contributed by atoms with van der Waals surface area (Å²) in [6.45, 7) is 3.71. The highest BCUT2D eigenvalue weighted by Gasteiger charge is 2.58. The predicted molar refractivity (Wildman–Crippen MR) is 71.4 cm³/mol. The first-order valence-electron chi connectivity index (χ1n) is 4.58. The minimum Gasteiger partial charge on any atom is -0.266 e. The number of nitriles is 1. The fourth-order valence-electron chi connectivity index (χ4n) is 1.35. The van der Waals surface area contributed by atoms with Gasteiger partial charge in [0.05, 0.1) is 0 Å². The van der Waals surface area contributed by atoms with Crippen molar-refractivity contribution in [3.05, 3.63) is 0 Å². The van der Waals surface area contributed by atoms with E-state index in [1.54, 1.807) is 0 Å². The monoisotopic (exact) mass is 336 g/mol. The molecular weight excluding hydrogens is 329 g/mol. The second-order valence-corrected chi connectivity index (χ2v) is 7.37. The van der Waals surface area contributed by atoms with E-state index in [1.165, 1.54) is 11.3 Å². The van der Waals surface area contributed by atoms with Crippen molar-refractivity contribution in [1.29, 1.82) is 5.26 Å². The van der Waals surface area contributed by atoms with Crippen molar-refractivity contribution in [2.24, 2.45) is 5.10 Å². The Morgan fingerprint density at radius 2 is 1.82 bits per heavy atom. The zero-order chi connectivity index (χ0) is 13.4. The van der Waals surface area contributed by atoms with Crippen LogP contribution < -0.4 is 0 Å². The van der Waals surface area contributed by atoms with E-state index in [0.29, 0.717) is 0 Å². The van der Waals surface area contributed by atoms with Gasteiger partial charge in [-0.3, -0.25) is 5.01 Å². The fraction of sp³-hybridized carbons (Fsp3) is 0.750. The molecule has 0 fully saturated rings. The molecule has 1 aliphatic rings. The van der Waals surface area contributed by atoms with Crippen LogP contribution in [0.1, 0.15) is 13.8 Å². The van der Waals surface area contributed by atoms with E-state index in [-0.39, 0.29) is 6.04 Å². The number of hydrazone groups is 1. The SMILES string of the molecule is CC(C)N1N=CN(C#N)C1C(Cl)(Cl)C(Cl)(Cl)Cl. The molecule has 0 radical (unpaired) electrons. The fourth-order valence-corrected chi connectivity index (χ4v) is 2.06. The van der Waals surface area contributed by atoms with Gasteiger partial charge in [0.1, 0.15) is 6.34 Å². The Morgan fingerprint density at radius 3 is 2.18 bits per heavy atom. The number of halogens is 5. The van der Waals surface area contributed by atoms with E-state index in [9.17, 15) is 0 Å². The lowest BCUT2D eigenvalue weighted by Crippen LogP contribution is -2.56. The lowest BCUT2D eigenvalue weighted by Gasteiger charge is -2.40. The summed E-state index contributed by atoms with van der Waals surface area (Å²) in [5, 5.41) is 14.5. The molecule has 0 N–H and O–H groups in total. The van der Waals surface area contributed by atoms with E-state index < -0.39 is 14.3 Å². The first-order chi connectivity index (χ1) is 7.63. The number of nitrogens with zero attached hydrogens (tertiary/aromatic N) is 4. The van der Waals surface area contributed by atoms with Crippen molar-refractivity contribution in [2.45, 2.75) is 34.2 Å². The Kier molecular flexibility index (Phi) is 4.55. The summed E-state index contributed by atoms with van der Waals surface area (Å²) in [5.74, 6) is 0. The quantitative estimate of drug-likeness (QED) is 0.573. The molecule has 0 aromatic carbocycles. The molecule has 96 valence electrons. The van der Waals surface area contributed by atoms with Gasteiger partial charge >= 0.3 is 0 Å². The standard InChI is InChI=1S/C8H9Cl5N4/c1-5(2)17-6(16(3-14)4-15-17)7(9,10)8(11,12)13/h4-6H,1-2H3. The van der Waals surface area contributed by atoms with E-state index in [2.05, 4.69) is 5.10 Å². The van der Waals surface area contributed by atoms with E-state index >= 15 is 0 Å².